The van der Waals surface area contributed by atoms with Crippen molar-refractivity contribution in [3.8, 4) is 6.01 Å². The van der Waals surface area contributed by atoms with E-state index in [4.69, 9.17) is 4.74 Å². The van der Waals surface area contributed by atoms with Crippen LogP contribution in [0.3, 0.4) is 0 Å². The second-order valence-electron chi connectivity index (χ2n) is 3.43. The lowest BCUT2D eigenvalue weighted by molar-refractivity contribution is 0.0599. The Morgan fingerprint density at radius 3 is 2.65 bits per heavy atom. The molecule has 0 unspecified atom stereocenters. The van der Waals surface area contributed by atoms with Gasteiger partial charge in [-0.25, -0.2) is 9.78 Å². The molecule has 92 valence electrons. The van der Waals surface area contributed by atoms with Crippen LogP contribution in [0.2, 0.25) is 0 Å². The van der Waals surface area contributed by atoms with Crippen LogP contribution >= 0.6 is 0 Å². The molecule has 1 aromatic heterocycles. The van der Waals surface area contributed by atoms with Crippen LogP contribution in [-0.4, -0.2) is 49.2 Å². The van der Waals surface area contributed by atoms with E-state index in [-0.39, 0.29) is 6.01 Å². The fourth-order valence-corrected chi connectivity index (χ4v) is 1.09. The molecule has 0 amide bonds. The highest BCUT2D eigenvalue weighted by Gasteiger charge is 2.13. The van der Waals surface area contributed by atoms with Gasteiger partial charge in [0.15, 0.2) is 0 Å². The Balaban J connectivity index is 3.16. The largest absolute Gasteiger partial charge is 0.467 e. The van der Waals surface area contributed by atoms with Gasteiger partial charge in [-0.15, -0.1) is 0 Å². The van der Waals surface area contributed by atoms with E-state index in [9.17, 15) is 4.79 Å². The van der Waals surface area contributed by atoms with E-state index in [0.29, 0.717) is 11.3 Å². The second-order valence-corrected chi connectivity index (χ2v) is 3.43. The average molecular weight is 237 g/mol. The van der Waals surface area contributed by atoms with E-state index in [1.165, 1.54) is 20.4 Å². The molecule has 0 aromatic carbocycles. The third-order valence-corrected chi connectivity index (χ3v) is 1.91. The number of esters is 1. The van der Waals surface area contributed by atoms with Gasteiger partial charge in [0.05, 0.1) is 19.9 Å². The SMILES string of the molecule is COC(=O)c1cnc(OC)nc1/C=C/N(C)C. The van der Waals surface area contributed by atoms with Crippen LogP contribution in [0.1, 0.15) is 16.1 Å². The molecule has 17 heavy (non-hydrogen) atoms. The second kappa shape index (κ2) is 5.83. The van der Waals surface area contributed by atoms with Crippen LogP contribution in [0.15, 0.2) is 12.4 Å². The van der Waals surface area contributed by atoms with Crippen LogP contribution in [0.25, 0.3) is 6.08 Å². The molecular formula is C11H15N3O3. The summed E-state index contributed by atoms with van der Waals surface area (Å²) in [5.41, 5.74) is 0.754. The molecule has 0 atom stereocenters. The molecule has 6 nitrogen and oxygen atoms in total. The summed E-state index contributed by atoms with van der Waals surface area (Å²) in [5.74, 6) is -0.481. The van der Waals surface area contributed by atoms with Crippen LogP contribution in [0, 0.1) is 0 Å². The summed E-state index contributed by atoms with van der Waals surface area (Å²) in [4.78, 5) is 21.3. The van der Waals surface area contributed by atoms with Crippen LogP contribution < -0.4 is 4.74 Å². The van der Waals surface area contributed by atoms with Crippen molar-refractivity contribution in [2.75, 3.05) is 28.3 Å². The van der Waals surface area contributed by atoms with Crippen molar-refractivity contribution in [1.82, 2.24) is 14.9 Å². The third kappa shape index (κ3) is 3.44. The first-order valence-electron chi connectivity index (χ1n) is 4.92. The summed E-state index contributed by atoms with van der Waals surface area (Å²) in [6.07, 6.45) is 4.84. The number of methoxy groups -OCH3 is 2. The first-order chi connectivity index (χ1) is 8.08. The number of carbonyl (C=O) groups is 1. The quantitative estimate of drug-likeness (QED) is 0.722. The van der Waals surface area contributed by atoms with Gasteiger partial charge in [0, 0.05) is 26.5 Å². The maximum Gasteiger partial charge on any atom is 0.341 e. The van der Waals surface area contributed by atoms with Gasteiger partial charge in [0.1, 0.15) is 5.56 Å². The van der Waals surface area contributed by atoms with E-state index in [0.717, 1.165) is 0 Å². The number of rotatable bonds is 4. The molecule has 0 saturated heterocycles. The first kappa shape index (κ1) is 13.0. The molecule has 1 aromatic rings. The van der Waals surface area contributed by atoms with Crippen molar-refractivity contribution < 1.29 is 14.3 Å². The van der Waals surface area contributed by atoms with Gasteiger partial charge < -0.3 is 14.4 Å². The van der Waals surface area contributed by atoms with Crippen molar-refractivity contribution in [3.05, 3.63) is 23.7 Å². The third-order valence-electron chi connectivity index (χ3n) is 1.91. The van der Waals surface area contributed by atoms with Gasteiger partial charge in [0.2, 0.25) is 0 Å². The Morgan fingerprint density at radius 2 is 2.12 bits per heavy atom. The van der Waals surface area contributed by atoms with Crippen molar-refractivity contribution in [3.63, 3.8) is 0 Å². The molecule has 0 aliphatic rings. The lowest BCUT2D eigenvalue weighted by Crippen LogP contribution is -2.08. The minimum atomic E-state index is -0.481. The first-order valence-corrected chi connectivity index (χ1v) is 4.92. The lowest BCUT2D eigenvalue weighted by atomic mass is 10.2. The molecule has 0 bridgehead atoms. The van der Waals surface area contributed by atoms with Gasteiger partial charge in [0.25, 0.3) is 0 Å². The predicted octanol–water partition coefficient (Wildman–Crippen LogP) is 0.804. The molecule has 0 aliphatic heterocycles. The van der Waals surface area contributed by atoms with Gasteiger partial charge in [-0.05, 0) is 6.08 Å². The summed E-state index contributed by atoms with van der Waals surface area (Å²) >= 11 is 0. The Labute approximate surface area is 99.9 Å². The predicted molar refractivity (Wildman–Crippen MR) is 62.6 cm³/mol. The standard InChI is InChI=1S/C11H15N3O3/c1-14(2)6-5-9-8(10(15)16-3)7-12-11(13-9)17-4/h5-7H,1-4H3/b6-5+. The highest BCUT2D eigenvalue weighted by atomic mass is 16.5. The molecule has 0 fully saturated rings. The van der Waals surface area contributed by atoms with Crippen LogP contribution in [-0.2, 0) is 4.74 Å². The summed E-state index contributed by atoms with van der Waals surface area (Å²) in [6, 6.07) is 0.205. The van der Waals surface area contributed by atoms with E-state index < -0.39 is 5.97 Å². The zero-order valence-electron chi connectivity index (χ0n) is 10.3. The molecule has 0 saturated carbocycles. The summed E-state index contributed by atoms with van der Waals surface area (Å²) in [5, 5.41) is 0. The number of hydrogen-bond acceptors (Lipinski definition) is 6. The highest BCUT2D eigenvalue weighted by molar-refractivity contribution is 5.92. The van der Waals surface area contributed by atoms with Gasteiger partial charge in [-0.3, -0.25) is 0 Å². The van der Waals surface area contributed by atoms with E-state index in [1.807, 2.05) is 19.0 Å². The van der Waals surface area contributed by atoms with Crippen molar-refractivity contribution in [2.24, 2.45) is 0 Å². The summed E-state index contributed by atoms with van der Waals surface area (Å²) in [6.45, 7) is 0. The number of aromatic nitrogens is 2. The van der Waals surface area contributed by atoms with Crippen molar-refractivity contribution in [2.45, 2.75) is 0 Å². The molecule has 0 N–H and O–H groups in total. The maximum absolute atomic E-state index is 11.5. The minimum Gasteiger partial charge on any atom is -0.467 e. The molecule has 0 spiro atoms. The van der Waals surface area contributed by atoms with Gasteiger partial charge >= 0.3 is 12.0 Å². The zero-order valence-corrected chi connectivity index (χ0v) is 10.3. The summed E-state index contributed by atoms with van der Waals surface area (Å²) in [7, 11) is 6.51. The van der Waals surface area contributed by atoms with Gasteiger partial charge in [-0.2, -0.15) is 4.98 Å². The molecule has 1 heterocycles. The van der Waals surface area contributed by atoms with Gasteiger partial charge in [-0.1, -0.05) is 0 Å². The number of ether oxygens (including phenoxy) is 2. The summed E-state index contributed by atoms with van der Waals surface area (Å²) < 4.78 is 9.56. The topological polar surface area (TPSA) is 64.5 Å². The zero-order chi connectivity index (χ0) is 12.8. The van der Waals surface area contributed by atoms with E-state index in [1.54, 1.807) is 12.3 Å². The molecule has 0 radical (unpaired) electrons. The lowest BCUT2D eigenvalue weighted by Gasteiger charge is -2.06. The Hall–Kier alpha value is -2.11. The molecular weight excluding hydrogens is 222 g/mol. The number of nitrogens with zero attached hydrogens (tertiary/aromatic N) is 3. The fraction of sp³-hybridized carbons (Fsp3) is 0.364. The van der Waals surface area contributed by atoms with Crippen LogP contribution in [0.4, 0.5) is 0 Å². The Kier molecular flexibility index (Phi) is 4.45. The van der Waals surface area contributed by atoms with Crippen molar-refractivity contribution >= 4 is 12.0 Å². The van der Waals surface area contributed by atoms with E-state index >= 15 is 0 Å². The number of hydrogen-bond donors (Lipinski definition) is 0. The number of carbonyl (C=O) groups excluding carboxylic acids is 1. The maximum atomic E-state index is 11.5. The minimum absolute atomic E-state index is 0.205. The highest BCUT2D eigenvalue weighted by Crippen LogP contribution is 2.12. The Morgan fingerprint density at radius 1 is 1.41 bits per heavy atom. The van der Waals surface area contributed by atoms with Crippen molar-refractivity contribution in [1.29, 1.82) is 0 Å². The molecule has 6 heteroatoms. The molecule has 0 aliphatic carbocycles. The smallest absolute Gasteiger partial charge is 0.341 e. The normalized spacial score (nSPS) is 10.4. The monoisotopic (exact) mass is 237 g/mol. The fourth-order valence-electron chi connectivity index (χ4n) is 1.09. The molecule has 1 rings (SSSR count). The van der Waals surface area contributed by atoms with E-state index in [2.05, 4.69) is 14.7 Å². The Bertz CT molecular complexity index is 430. The van der Waals surface area contributed by atoms with Crippen LogP contribution in [0.5, 0.6) is 6.01 Å². The average Bonchev–Trinajstić information content (AvgIpc) is 2.34.